The predicted octanol–water partition coefficient (Wildman–Crippen LogP) is 0.691. The van der Waals surface area contributed by atoms with Crippen LogP contribution in [0.1, 0.15) is 32.9 Å². The smallest absolute Gasteiger partial charge is 0.355 e. The summed E-state index contributed by atoms with van der Waals surface area (Å²) in [6.45, 7) is -0.929. The van der Waals surface area contributed by atoms with Crippen molar-refractivity contribution in [2.75, 3.05) is 7.11 Å². The standard InChI is InChI=1S/C17H21BrN4O5/c1-27-16(26)15-14(18)13(12(22-15)4-21-17(19)20)9-3-2-8(5-23)10(6-24)11(9)7-25/h2-3,22-25H,4-7H2,1H3,(H4,19,20,21). The Morgan fingerprint density at radius 2 is 1.93 bits per heavy atom. The molecule has 27 heavy (non-hydrogen) atoms. The third-order valence-electron chi connectivity index (χ3n) is 4.15. The van der Waals surface area contributed by atoms with Gasteiger partial charge in [-0.2, -0.15) is 0 Å². The molecule has 0 unspecified atom stereocenters. The Morgan fingerprint density at radius 3 is 2.44 bits per heavy atom. The lowest BCUT2D eigenvalue weighted by Gasteiger charge is -2.16. The van der Waals surface area contributed by atoms with Gasteiger partial charge in [0.2, 0.25) is 0 Å². The summed E-state index contributed by atoms with van der Waals surface area (Å²) in [5, 5.41) is 39.1. The number of esters is 1. The van der Waals surface area contributed by atoms with E-state index in [0.717, 1.165) is 0 Å². The van der Waals surface area contributed by atoms with Gasteiger partial charge in [0.25, 0.3) is 0 Å². The third-order valence-corrected chi connectivity index (χ3v) is 4.94. The van der Waals surface area contributed by atoms with Crippen molar-refractivity contribution in [1.29, 1.82) is 5.41 Å². The van der Waals surface area contributed by atoms with Gasteiger partial charge in [-0.3, -0.25) is 5.41 Å². The van der Waals surface area contributed by atoms with Gasteiger partial charge < -0.3 is 36.1 Å². The molecule has 0 amide bonds. The minimum atomic E-state index is -0.600. The molecule has 8 N–H and O–H groups in total. The molecule has 0 fully saturated rings. The molecule has 9 nitrogen and oxygen atoms in total. The van der Waals surface area contributed by atoms with Crippen LogP contribution in [-0.4, -0.2) is 39.3 Å². The molecular formula is C17H21BrN4O5. The normalized spacial score (nSPS) is 10.7. The maximum atomic E-state index is 12.1. The average Bonchev–Trinajstić information content (AvgIpc) is 3.00. The molecule has 1 aromatic carbocycles. The summed E-state index contributed by atoms with van der Waals surface area (Å²) in [4.78, 5) is 15.0. The maximum Gasteiger partial charge on any atom is 0.355 e. The van der Waals surface area contributed by atoms with Gasteiger partial charge in [0.05, 0.1) is 37.9 Å². The van der Waals surface area contributed by atoms with Gasteiger partial charge in [-0.25, -0.2) is 4.79 Å². The summed E-state index contributed by atoms with van der Waals surface area (Å²) in [5.74, 6) is -0.850. The highest BCUT2D eigenvalue weighted by molar-refractivity contribution is 9.10. The van der Waals surface area contributed by atoms with Gasteiger partial charge in [0, 0.05) is 11.3 Å². The monoisotopic (exact) mass is 440 g/mol. The minimum Gasteiger partial charge on any atom is -0.464 e. The highest BCUT2D eigenvalue weighted by atomic mass is 79.9. The van der Waals surface area contributed by atoms with Crippen LogP contribution in [0.25, 0.3) is 11.1 Å². The zero-order valence-electron chi connectivity index (χ0n) is 14.6. The van der Waals surface area contributed by atoms with Crippen molar-refractivity contribution in [3.8, 4) is 11.1 Å². The van der Waals surface area contributed by atoms with Crippen molar-refractivity contribution in [3.63, 3.8) is 0 Å². The Kier molecular flexibility index (Phi) is 6.97. The summed E-state index contributed by atoms with van der Waals surface area (Å²) >= 11 is 3.39. The van der Waals surface area contributed by atoms with E-state index < -0.39 is 5.97 Å². The number of guanidine groups is 1. The fraction of sp³-hybridized carbons (Fsp3) is 0.294. The zero-order valence-corrected chi connectivity index (χ0v) is 16.2. The average molecular weight is 441 g/mol. The highest BCUT2D eigenvalue weighted by Crippen LogP contribution is 2.39. The number of aliphatic hydroxyl groups excluding tert-OH is 3. The number of carbonyl (C=O) groups is 1. The molecule has 0 spiro atoms. The number of rotatable bonds is 7. The van der Waals surface area contributed by atoms with Gasteiger partial charge in [0.1, 0.15) is 5.69 Å². The lowest BCUT2D eigenvalue weighted by Crippen LogP contribution is -2.29. The van der Waals surface area contributed by atoms with E-state index in [0.29, 0.717) is 38.0 Å². The number of nitrogens with one attached hydrogen (secondary N) is 3. The van der Waals surface area contributed by atoms with Crippen LogP contribution in [0.4, 0.5) is 0 Å². The number of benzene rings is 1. The first-order valence-corrected chi connectivity index (χ1v) is 8.71. The minimum absolute atomic E-state index is 0.112. The molecule has 10 heteroatoms. The Morgan fingerprint density at radius 1 is 1.26 bits per heavy atom. The SMILES string of the molecule is COC(=O)c1[nH]c(CNC(=N)N)c(-c2ccc(CO)c(CO)c2CO)c1Br. The van der Waals surface area contributed by atoms with Crippen LogP contribution >= 0.6 is 15.9 Å². The lowest BCUT2D eigenvalue weighted by molar-refractivity contribution is 0.0593. The van der Waals surface area contributed by atoms with Gasteiger partial charge in [-0.15, -0.1) is 0 Å². The first kappa shape index (κ1) is 20.9. The Hall–Kier alpha value is -2.40. The molecule has 0 bridgehead atoms. The van der Waals surface area contributed by atoms with Crippen LogP contribution in [0.3, 0.4) is 0 Å². The summed E-state index contributed by atoms with van der Waals surface area (Å²) in [5.41, 5.74) is 8.46. The van der Waals surface area contributed by atoms with Crippen LogP contribution in [0.5, 0.6) is 0 Å². The number of carbonyl (C=O) groups excluding carboxylic acids is 1. The summed E-state index contributed by atoms with van der Waals surface area (Å²) in [6, 6.07) is 3.32. The number of H-pyrrole nitrogens is 1. The van der Waals surface area contributed by atoms with E-state index in [9.17, 15) is 20.1 Å². The van der Waals surface area contributed by atoms with Crippen LogP contribution < -0.4 is 11.1 Å². The van der Waals surface area contributed by atoms with Crippen molar-refractivity contribution >= 4 is 27.9 Å². The van der Waals surface area contributed by atoms with Crippen molar-refractivity contribution in [2.24, 2.45) is 5.73 Å². The Labute approximate surface area is 163 Å². The second-order valence-electron chi connectivity index (χ2n) is 5.63. The molecule has 2 rings (SSSR count). The first-order chi connectivity index (χ1) is 12.9. The summed E-state index contributed by atoms with van der Waals surface area (Å²) in [7, 11) is 1.25. The molecule has 1 aromatic heterocycles. The van der Waals surface area contributed by atoms with Crippen molar-refractivity contribution in [2.45, 2.75) is 26.4 Å². The van der Waals surface area contributed by atoms with Crippen molar-refractivity contribution < 1.29 is 24.9 Å². The van der Waals surface area contributed by atoms with Crippen molar-refractivity contribution in [1.82, 2.24) is 10.3 Å². The number of aromatic nitrogens is 1. The van der Waals surface area contributed by atoms with E-state index >= 15 is 0 Å². The number of hydrogen-bond acceptors (Lipinski definition) is 6. The van der Waals surface area contributed by atoms with E-state index in [1.54, 1.807) is 12.1 Å². The third kappa shape index (κ3) is 4.14. The van der Waals surface area contributed by atoms with E-state index in [4.69, 9.17) is 15.9 Å². The highest BCUT2D eigenvalue weighted by Gasteiger charge is 2.25. The van der Waals surface area contributed by atoms with Crippen LogP contribution in [0.15, 0.2) is 16.6 Å². The Bertz CT molecular complexity index is 865. The molecule has 0 aliphatic carbocycles. The van der Waals surface area contributed by atoms with E-state index in [1.807, 2.05) is 0 Å². The molecule has 0 radical (unpaired) electrons. The molecule has 2 aromatic rings. The molecule has 146 valence electrons. The van der Waals surface area contributed by atoms with E-state index in [1.165, 1.54) is 7.11 Å². The summed E-state index contributed by atoms with van der Waals surface area (Å²) in [6.07, 6.45) is 0. The summed E-state index contributed by atoms with van der Waals surface area (Å²) < 4.78 is 5.18. The van der Waals surface area contributed by atoms with Gasteiger partial charge in [-0.05, 0) is 38.2 Å². The molecule has 0 aliphatic heterocycles. The fourth-order valence-electron chi connectivity index (χ4n) is 2.87. The van der Waals surface area contributed by atoms with E-state index in [-0.39, 0.29) is 38.0 Å². The van der Waals surface area contributed by atoms with Gasteiger partial charge in [-0.1, -0.05) is 12.1 Å². The Balaban J connectivity index is 2.74. The van der Waals surface area contributed by atoms with Crippen LogP contribution in [-0.2, 0) is 31.1 Å². The molecule has 0 atom stereocenters. The molecule has 1 heterocycles. The topological polar surface area (TPSA) is 165 Å². The largest absolute Gasteiger partial charge is 0.464 e. The molecule has 0 saturated heterocycles. The number of aromatic amines is 1. The molecule has 0 aliphatic rings. The zero-order chi connectivity index (χ0) is 20.1. The van der Waals surface area contributed by atoms with Gasteiger partial charge in [0.15, 0.2) is 5.96 Å². The van der Waals surface area contributed by atoms with Crippen LogP contribution in [0.2, 0.25) is 0 Å². The number of ether oxygens (including phenoxy) is 1. The quantitative estimate of drug-likeness (QED) is 0.189. The van der Waals surface area contributed by atoms with Crippen molar-refractivity contribution in [3.05, 3.63) is 44.7 Å². The number of hydrogen-bond donors (Lipinski definition) is 7. The van der Waals surface area contributed by atoms with Crippen LogP contribution in [0, 0.1) is 5.41 Å². The number of aliphatic hydroxyl groups is 3. The number of nitrogens with two attached hydrogens (primary N) is 1. The van der Waals surface area contributed by atoms with Gasteiger partial charge >= 0.3 is 5.97 Å². The lowest BCUT2D eigenvalue weighted by atomic mass is 9.92. The fourth-order valence-corrected chi connectivity index (χ4v) is 3.58. The molecule has 0 saturated carbocycles. The first-order valence-electron chi connectivity index (χ1n) is 7.92. The van der Waals surface area contributed by atoms with E-state index in [2.05, 4.69) is 26.2 Å². The molecular weight excluding hydrogens is 420 g/mol. The second-order valence-corrected chi connectivity index (χ2v) is 6.42. The number of halogens is 1. The maximum absolute atomic E-state index is 12.1. The predicted molar refractivity (Wildman–Crippen MR) is 102 cm³/mol. The number of methoxy groups -OCH3 is 1. The second kappa shape index (κ2) is 9.00.